The Kier molecular flexibility index (Phi) is 5.03. The molecule has 22 heavy (non-hydrogen) atoms. The molecule has 1 N–H and O–H groups in total. The summed E-state index contributed by atoms with van der Waals surface area (Å²) in [7, 11) is 1.84. The minimum atomic E-state index is -0.00245. The van der Waals surface area contributed by atoms with Gasteiger partial charge in [0.1, 0.15) is 0 Å². The third-order valence-electron chi connectivity index (χ3n) is 3.58. The van der Waals surface area contributed by atoms with Crippen LogP contribution in [0.2, 0.25) is 0 Å². The molecule has 3 aromatic rings. The van der Waals surface area contributed by atoms with Crippen molar-refractivity contribution in [2.45, 2.75) is 6.54 Å². The summed E-state index contributed by atoms with van der Waals surface area (Å²) in [6.07, 6.45) is 0. The van der Waals surface area contributed by atoms with Gasteiger partial charge in [-0.3, -0.25) is 10.2 Å². The average Bonchev–Trinajstić information content (AvgIpc) is 2.73. The Morgan fingerprint density at radius 2 is 1.68 bits per heavy atom. The van der Waals surface area contributed by atoms with Crippen LogP contribution in [0.1, 0.15) is 10.4 Å². The Hall–Kier alpha value is -1.66. The standard InChI is InChI=1S/C16H14BrN3O.BrH/c1-19-13-4-2-3-5-14(13)20(16(19)18)10-15(21)11-6-8-12(17)9-7-11;/h2-9,18H,10H2,1H3;1H/p-1. The highest BCUT2D eigenvalue weighted by molar-refractivity contribution is 9.10. The van der Waals surface area contributed by atoms with Gasteiger partial charge in [-0.05, 0) is 24.3 Å². The summed E-state index contributed by atoms with van der Waals surface area (Å²) in [5.74, 6) is -0.00245. The van der Waals surface area contributed by atoms with Crippen molar-refractivity contribution in [3.8, 4) is 0 Å². The third kappa shape index (κ3) is 2.94. The summed E-state index contributed by atoms with van der Waals surface area (Å²) in [6, 6.07) is 15.0. The number of ketones is 1. The second kappa shape index (κ2) is 6.62. The van der Waals surface area contributed by atoms with E-state index in [9.17, 15) is 4.79 Å². The number of para-hydroxylation sites is 2. The van der Waals surface area contributed by atoms with Crippen LogP contribution in [0.25, 0.3) is 11.0 Å². The normalized spacial score (nSPS) is 10.5. The van der Waals surface area contributed by atoms with Crippen molar-refractivity contribution in [2.75, 3.05) is 0 Å². The van der Waals surface area contributed by atoms with E-state index in [1.807, 2.05) is 43.4 Å². The Labute approximate surface area is 146 Å². The van der Waals surface area contributed by atoms with Gasteiger partial charge in [0.2, 0.25) is 5.62 Å². The van der Waals surface area contributed by atoms with Crippen LogP contribution < -0.4 is 22.6 Å². The molecule has 1 aromatic heterocycles. The number of Topliss-reactive ketones (excluding diaryl/α,β-unsaturated/α-hetero) is 1. The Morgan fingerprint density at radius 3 is 2.32 bits per heavy atom. The number of carbonyl (C=O) groups excluding carboxylic acids is 1. The lowest BCUT2D eigenvalue weighted by Crippen LogP contribution is -3.00. The zero-order valence-corrected chi connectivity index (χ0v) is 15.1. The van der Waals surface area contributed by atoms with Gasteiger partial charge in [-0.15, -0.1) is 0 Å². The molecule has 0 radical (unpaired) electrons. The van der Waals surface area contributed by atoms with Crippen molar-refractivity contribution >= 4 is 32.7 Å². The van der Waals surface area contributed by atoms with Gasteiger partial charge in [0, 0.05) is 17.1 Å². The molecule has 0 amide bonds. The molecule has 0 aliphatic heterocycles. The van der Waals surface area contributed by atoms with E-state index in [0.717, 1.165) is 15.5 Å². The lowest BCUT2D eigenvalue weighted by atomic mass is 10.1. The Bertz CT molecular complexity index is 879. The number of rotatable bonds is 3. The summed E-state index contributed by atoms with van der Waals surface area (Å²) in [5.41, 5.74) is 2.82. The fourth-order valence-electron chi connectivity index (χ4n) is 2.42. The fourth-order valence-corrected chi connectivity index (χ4v) is 2.68. The van der Waals surface area contributed by atoms with Crippen LogP contribution in [0.5, 0.6) is 0 Å². The van der Waals surface area contributed by atoms with Crippen molar-refractivity contribution in [3.63, 3.8) is 0 Å². The molecule has 3 rings (SSSR count). The maximum absolute atomic E-state index is 12.4. The van der Waals surface area contributed by atoms with Gasteiger partial charge < -0.3 is 26.1 Å². The van der Waals surface area contributed by atoms with Crippen LogP contribution in [0.4, 0.5) is 0 Å². The Balaban J connectivity index is 0.00000176. The summed E-state index contributed by atoms with van der Waals surface area (Å²) >= 11 is 3.36. The maximum atomic E-state index is 12.4. The second-order valence-corrected chi connectivity index (χ2v) is 5.80. The quantitative estimate of drug-likeness (QED) is 0.597. The number of hydrogen-bond donors (Lipinski definition) is 1. The molecule has 114 valence electrons. The first-order chi connectivity index (χ1) is 10.1. The molecule has 4 nitrogen and oxygen atoms in total. The molecule has 0 spiro atoms. The van der Waals surface area contributed by atoms with E-state index in [1.54, 1.807) is 21.3 Å². The number of halogens is 2. The number of imidazole rings is 1. The van der Waals surface area contributed by atoms with E-state index >= 15 is 0 Å². The number of carbonyl (C=O) groups is 1. The van der Waals surface area contributed by atoms with Crippen molar-refractivity contribution in [1.29, 1.82) is 5.41 Å². The maximum Gasteiger partial charge on any atom is 0.203 e. The van der Waals surface area contributed by atoms with Crippen molar-refractivity contribution < 1.29 is 21.8 Å². The van der Waals surface area contributed by atoms with Gasteiger partial charge >= 0.3 is 0 Å². The molecular weight excluding hydrogens is 410 g/mol. The Morgan fingerprint density at radius 1 is 1.09 bits per heavy atom. The molecule has 1 heterocycles. The number of nitrogens with zero attached hydrogens (tertiary/aromatic N) is 2. The molecule has 0 aliphatic carbocycles. The van der Waals surface area contributed by atoms with E-state index in [1.165, 1.54) is 0 Å². The first-order valence-electron chi connectivity index (χ1n) is 6.55. The van der Waals surface area contributed by atoms with Crippen LogP contribution in [0.15, 0.2) is 53.0 Å². The van der Waals surface area contributed by atoms with Crippen molar-refractivity contribution in [3.05, 3.63) is 64.2 Å². The second-order valence-electron chi connectivity index (χ2n) is 4.89. The smallest absolute Gasteiger partial charge is 0.203 e. The lowest BCUT2D eigenvalue weighted by molar-refractivity contribution is -0.0000123. The lowest BCUT2D eigenvalue weighted by Gasteiger charge is -2.04. The number of aryl methyl sites for hydroxylation is 1. The topological polar surface area (TPSA) is 50.8 Å². The van der Waals surface area contributed by atoms with Gasteiger partial charge in [0.05, 0.1) is 17.6 Å². The molecule has 0 fully saturated rings. The van der Waals surface area contributed by atoms with Crippen LogP contribution in [-0.2, 0) is 13.6 Å². The zero-order chi connectivity index (χ0) is 15.0. The van der Waals surface area contributed by atoms with Gasteiger partial charge in [0.15, 0.2) is 5.78 Å². The van der Waals surface area contributed by atoms with E-state index < -0.39 is 0 Å². The molecule has 0 bridgehead atoms. The third-order valence-corrected chi connectivity index (χ3v) is 4.10. The predicted molar refractivity (Wildman–Crippen MR) is 85.2 cm³/mol. The van der Waals surface area contributed by atoms with Gasteiger partial charge in [-0.25, -0.2) is 0 Å². The van der Waals surface area contributed by atoms with Crippen LogP contribution in [0, 0.1) is 5.41 Å². The summed E-state index contributed by atoms with van der Waals surface area (Å²) in [6.45, 7) is 0.168. The SMILES string of the molecule is Cn1c(=N)n(CC(=O)c2ccc(Br)cc2)c2ccccc21.[Br-]. The van der Waals surface area contributed by atoms with Crippen molar-refractivity contribution in [1.82, 2.24) is 9.13 Å². The zero-order valence-electron chi connectivity index (χ0n) is 11.9. The number of hydrogen-bond acceptors (Lipinski definition) is 2. The highest BCUT2D eigenvalue weighted by Crippen LogP contribution is 2.14. The largest absolute Gasteiger partial charge is 1.00 e. The molecule has 0 saturated carbocycles. The summed E-state index contributed by atoms with van der Waals surface area (Å²) in [4.78, 5) is 12.4. The number of aromatic nitrogens is 2. The highest BCUT2D eigenvalue weighted by Gasteiger charge is 2.12. The average molecular weight is 424 g/mol. The van der Waals surface area contributed by atoms with Gasteiger partial charge in [-0.1, -0.05) is 40.2 Å². The van der Waals surface area contributed by atoms with Gasteiger partial charge in [-0.2, -0.15) is 0 Å². The van der Waals surface area contributed by atoms with Crippen LogP contribution in [-0.4, -0.2) is 14.9 Å². The molecule has 0 unspecified atom stereocenters. The summed E-state index contributed by atoms with van der Waals surface area (Å²) < 4.78 is 4.46. The monoisotopic (exact) mass is 422 g/mol. The molecule has 6 heteroatoms. The van der Waals surface area contributed by atoms with E-state index in [0.29, 0.717) is 11.2 Å². The molecule has 0 saturated heterocycles. The van der Waals surface area contributed by atoms with Gasteiger partial charge in [0.25, 0.3) is 0 Å². The number of nitrogens with one attached hydrogen (secondary N) is 1. The summed E-state index contributed by atoms with van der Waals surface area (Å²) in [5, 5.41) is 8.18. The van der Waals surface area contributed by atoms with E-state index in [-0.39, 0.29) is 29.3 Å². The predicted octanol–water partition coefficient (Wildman–Crippen LogP) is 0.109. The highest BCUT2D eigenvalue weighted by atomic mass is 79.9. The first-order valence-corrected chi connectivity index (χ1v) is 7.35. The molecule has 0 aliphatic rings. The minimum Gasteiger partial charge on any atom is -1.00 e. The number of benzene rings is 2. The minimum absolute atomic E-state index is 0. The van der Waals surface area contributed by atoms with E-state index in [2.05, 4.69) is 15.9 Å². The van der Waals surface area contributed by atoms with Crippen molar-refractivity contribution in [2.24, 2.45) is 7.05 Å². The molecule has 0 atom stereocenters. The molecule has 2 aromatic carbocycles. The first kappa shape index (κ1) is 16.7. The fraction of sp³-hybridized carbons (Fsp3) is 0.125. The van der Waals surface area contributed by atoms with Crippen LogP contribution >= 0.6 is 15.9 Å². The number of fused-ring (bicyclic) bond motifs is 1. The molecular formula is C16H14Br2N3O-. The van der Waals surface area contributed by atoms with E-state index in [4.69, 9.17) is 5.41 Å². The van der Waals surface area contributed by atoms with Crippen LogP contribution in [0.3, 0.4) is 0 Å².